The number of carbonyl (C=O) groups excluding carboxylic acids is 1. The molecule has 2 aromatic carbocycles. The van der Waals surface area contributed by atoms with Crippen LogP contribution >= 0.6 is 46.4 Å². The minimum absolute atomic E-state index is 0.0280. The monoisotopic (exact) mass is 513 g/mol. The Morgan fingerprint density at radius 1 is 1.13 bits per heavy atom. The van der Waals surface area contributed by atoms with Crippen LogP contribution in [0.25, 0.3) is 0 Å². The van der Waals surface area contributed by atoms with E-state index in [1.54, 1.807) is 0 Å². The van der Waals surface area contributed by atoms with Gasteiger partial charge < -0.3 is 4.84 Å². The molecule has 0 saturated heterocycles. The number of amides is 1. The minimum atomic E-state index is -4.81. The standard InChI is InChI=1S/C19H14Cl4F3N3O2/c20-4-3-17(30)28-27-15-5-10(1-2-14(15)23)16-9-18(31-29-16,19(24,25)26)11-6-12(21)8-13(22)7-11/h1-2,5-8,27H,3-4,9H2,(H,28,30). The second-order valence-electron chi connectivity index (χ2n) is 6.60. The SMILES string of the molecule is O=C(CCCl)NNc1cc(C2=NOC(c3cc(Cl)cc(Cl)c3)(C(F)(F)F)C2)ccc1Cl. The molecular weight excluding hydrogens is 501 g/mol. The zero-order chi connectivity index (χ0) is 22.8. The average Bonchev–Trinajstić information content (AvgIpc) is 3.14. The van der Waals surface area contributed by atoms with Gasteiger partial charge in [0.1, 0.15) is 0 Å². The number of hydrogen-bond acceptors (Lipinski definition) is 4. The Morgan fingerprint density at radius 2 is 1.81 bits per heavy atom. The molecule has 1 amide bonds. The molecule has 166 valence electrons. The third-order valence-electron chi connectivity index (χ3n) is 4.47. The molecular formula is C19H14Cl4F3N3O2. The number of nitrogens with zero attached hydrogens (tertiary/aromatic N) is 1. The fourth-order valence-corrected chi connectivity index (χ4v) is 3.79. The Kier molecular flexibility index (Phi) is 7.15. The summed E-state index contributed by atoms with van der Waals surface area (Å²) < 4.78 is 42.3. The first kappa shape index (κ1) is 23.8. The maximum Gasteiger partial charge on any atom is 0.435 e. The van der Waals surface area contributed by atoms with Crippen molar-refractivity contribution in [3.8, 4) is 0 Å². The summed E-state index contributed by atoms with van der Waals surface area (Å²) >= 11 is 23.4. The molecule has 0 bridgehead atoms. The van der Waals surface area contributed by atoms with Crippen LogP contribution in [-0.4, -0.2) is 23.7 Å². The zero-order valence-electron chi connectivity index (χ0n) is 15.5. The van der Waals surface area contributed by atoms with E-state index in [4.69, 9.17) is 51.2 Å². The molecule has 12 heteroatoms. The van der Waals surface area contributed by atoms with Crippen molar-refractivity contribution in [2.45, 2.75) is 24.6 Å². The average molecular weight is 515 g/mol. The largest absolute Gasteiger partial charge is 0.435 e. The summed E-state index contributed by atoms with van der Waals surface area (Å²) in [5, 5.41) is 4.00. The number of anilines is 1. The molecule has 1 heterocycles. The first-order valence-corrected chi connectivity index (χ1v) is 10.4. The Hall–Kier alpha value is -1.87. The highest BCUT2D eigenvalue weighted by atomic mass is 35.5. The van der Waals surface area contributed by atoms with Gasteiger partial charge in [-0.2, -0.15) is 13.2 Å². The van der Waals surface area contributed by atoms with Crippen molar-refractivity contribution in [2.75, 3.05) is 11.3 Å². The van der Waals surface area contributed by atoms with Gasteiger partial charge in [0, 0.05) is 39.9 Å². The summed E-state index contributed by atoms with van der Waals surface area (Å²) in [6.07, 6.45) is -5.36. The van der Waals surface area contributed by atoms with Crippen molar-refractivity contribution in [1.82, 2.24) is 5.43 Å². The number of alkyl halides is 4. The lowest BCUT2D eigenvalue weighted by Gasteiger charge is -2.29. The minimum Gasteiger partial charge on any atom is -0.374 e. The molecule has 1 atom stereocenters. The smallest absolute Gasteiger partial charge is 0.374 e. The fraction of sp³-hybridized carbons (Fsp3) is 0.263. The van der Waals surface area contributed by atoms with E-state index in [9.17, 15) is 18.0 Å². The number of benzene rings is 2. The molecule has 31 heavy (non-hydrogen) atoms. The van der Waals surface area contributed by atoms with Gasteiger partial charge in [0.2, 0.25) is 5.91 Å². The summed E-state index contributed by atoms with van der Waals surface area (Å²) in [5.41, 5.74) is 2.61. The Bertz CT molecular complexity index is 1010. The van der Waals surface area contributed by atoms with E-state index >= 15 is 0 Å². The van der Waals surface area contributed by atoms with Gasteiger partial charge in [-0.15, -0.1) is 11.6 Å². The zero-order valence-corrected chi connectivity index (χ0v) is 18.5. The van der Waals surface area contributed by atoms with Gasteiger partial charge in [-0.25, -0.2) is 0 Å². The van der Waals surface area contributed by atoms with Crippen LogP contribution < -0.4 is 10.9 Å². The molecule has 1 aliphatic rings. The molecule has 1 aliphatic heterocycles. The topological polar surface area (TPSA) is 62.7 Å². The number of hydrazine groups is 1. The van der Waals surface area contributed by atoms with Crippen LogP contribution in [0.1, 0.15) is 24.0 Å². The molecule has 0 saturated carbocycles. The summed E-state index contributed by atoms with van der Waals surface area (Å²) in [5.74, 6) is -0.255. The molecule has 0 radical (unpaired) electrons. The van der Waals surface area contributed by atoms with Crippen LogP contribution in [0.15, 0.2) is 41.6 Å². The van der Waals surface area contributed by atoms with Crippen molar-refractivity contribution in [2.24, 2.45) is 5.16 Å². The molecule has 0 fully saturated rings. The van der Waals surface area contributed by atoms with Crippen molar-refractivity contribution in [1.29, 1.82) is 0 Å². The van der Waals surface area contributed by atoms with E-state index in [0.717, 1.165) is 12.1 Å². The van der Waals surface area contributed by atoms with Crippen LogP contribution in [0.5, 0.6) is 0 Å². The maximum absolute atomic E-state index is 14.1. The van der Waals surface area contributed by atoms with Crippen LogP contribution in [0.4, 0.5) is 18.9 Å². The third-order valence-corrected chi connectivity index (χ3v) is 5.43. The molecule has 1 unspecified atom stereocenters. The van der Waals surface area contributed by atoms with Crippen molar-refractivity contribution in [3.05, 3.63) is 62.6 Å². The highest BCUT2D eigenvalue weighted by Gasteiger charge is 2.62. The van der Waals surface area contributed by atoms with E-state index < -0.39 is 18.2 Å². The lowest BCUT2D eigenvalue weighted by atomic mass is 9.86. The number of nitrogens with one attached hydrogen (secondary N) is 2. The highest BCUT2D eigenvalue weighted by Crippen LogP contribution is 2.49. The third kappa shape index (κ3) is 5.14. The Morgan fingerprint density at radius 3 is 2.42 bits per heavy atom. The predicted octanol–water partition coefficient (Wildman–Crippen LogP) is 6.30. The Balaban J connectivity index is 1.90. The lowest BCUT2D eigenvalue weighted by Crippen LogP contribution is -2.42. The molecule has 2 N–H and O–H groups in total. The molecule has 0 aromatic heterocycles. The van der Waals surface area contributed by atoms with Gasteiger partial charge in [0.25, 0.3) is 5.60 Å². The van der Waals surface area contributed by atoms with E-state index in [0.29, 0.717) is 5.56 Å². The van der Waals surface area contributed by atoms with Gasteiger partial charge >= 0.3 is 6.18 Å². The summed E-state index contributed by atoms with van der Waals surface area (Å²) in [6.45, 7) is 0. The molecule has 2 aromatic rings. The number of halogens is 7. The lowest BCUT2D eigenvalue weighted by molar-refractivity contribution is -0.275. The van der Waals surface area contributed by atoms with E-state index in [1.165, 1.54) is 24.3 Å². The van der Waals surface area contributed by atoms with E-state index in [-0.39, 0.29) is 50.2 Å². The first-order valence-electron chi connectivity index (χ1n) is 8.75. The quantitative estimate of drug-likeness (QED) is 0.351. The maximum atomic E-state index is 14.1. The Labute approximate surface area is 195 Å². The fourth-order valence-electron chi connectivity index (χ4n) is 2.93. The number of carbonyl (C=O) groups is 1. The molecule has 0 spiro atoms. The van der Waals surface area contributed by atoms with Crippen LogP contribution in [0.3, 0.4) is 0 Å². The molecule has 0 aliphatic carbocycles. The van der Waals surface area contributed by atoms with Crippen molar-refractivity contribution in [3.63, 3.8) is 0 Å². The normalized spacial score (nSPS) is 18.4. The second-order valence-corrected chi connectivity index (χ2v) is 8.25. The van der Waals surface area contributed by atoms with E-state index in [2.05, 4.69) is 16.0 Å². The van der Waals surface area contributed by atoms with Crippen LogP contribution in [0.2, 0.25) is 15.1 Å². The van der Waals surface area contributed by atoms with Gasteiger partial charge in [-0.05, 0) is 30.3 Å². The highest BCUT2D eigenvalue weighted by molar-refractivity contribution is 6.34. The van der Waals surface area contributed by atoms with E-state index in [1.807, 2.05) is 0 Å². The predicted molar refractivity (Wildman–Crippen MR) is 115 cm³/mol. The number of oxime groups is 1. The van der Waals surface area contributed by atoms with Gasteiger partial charge in [0.05, 0.1) is 16.4 Å². The summed E-state index contributed by atoms with van der Waals surface area (Å²) in [4.78, 5) is 16.6. The van der Waals surface area contributed by atoms with Crippen LogP contribution in [0, 0.1) is 0 Å². The van der Waals surface area contributed by atoms with Crippen LogP contribution in [-0.2, 0) is 15.2 Å². The number of hydrogen-bond donors (Lipinski definition) is 2. The number of rotatable bonds is 6. The van der Waals surface area contributed by atoms with Gasteiger partial charge in [0.15, 0.2) is 0 Å². The first-order chi connectivity index (χ1) is 14.6. The molecule has 3 rings (SSSR count). The second kappa shape index (κ2) is 9.32. The van der Waals surface area contributed by atoms with Gasteiger partial charge in [-0.3, -0.25) is 15.6 Å². The molecule has 5 nitrogen and oxygen atoms in total. The van der Waals surface area contributed by atoms with Crippen molar-refractivity contribution < 1.29 is 22.8 Å². The van der Waals surface area contributed by atoms with Crippen molar-refractivity contribution >= 4 is 63.7 Å². The summed E-state index contributed by atoms with van der Waals surface area (Å²) in [6, 6.07) is 8.00. The summed E-state index contributed by atoms with van der Waals surface area (Å²) in [7, 11) is 0. The van der Waals surface area contributed by atoms with Gasteiger partial charge in [-0.1, -0.05) is 46.0 Å².